The molecule has 3 unspecified atom stereocenters. The smallest absolute Gasteiger partial charge is 0.0620 e. The van der Waals surface area contributed by atoms with Crippen molar-refractivity contribution in [1.29, 1.82) is 0 Å². The largest absolute Gasteiger partial charge is 0.380 e. The summed E-state index contributed by atoms with van der Waals surface area (Å²) < 4.78 is 5.39. The Morgan fingerprint density at radius 1 is 1.21 bits per heavy atom. The summed E-state index contributed by atoms with van der Waals surface area (Å²) in [6.45, 7) is 8.23. The minimum absolute atomic E-state index is 0.250. The van der Waals surface area contributed by atoms with Crippen LogP contribution >= 0.6 is 0 Å². The van der Waals surface area contributed by atoms with Gasteiger partial charge < -0.3 is 10.5 Å². The zero-order valence-corrected chi connectivity index (χ0v) is 9.83. The van der Waals surface area contributed by atoms with Crippen LogP contribution in [-0.2, 0) is 4.74 Å². The molecule has 0 saturated heterocycles. The van der Waals surface area contributed by atoms with Crippen molar-refractivity contribution in [2.24, 2.45) is 23.5 Å². The van der Waals surface area contributed by atoms with Crippen molar-refractivity contribution >= 4 is 0 Å². The topological polar surface area (TPSA) is 35.2 Å². The highest BCUT2D eigenvalue weighted by molar-refractivity contribution is 4.81. The summed E-state index contributed by atoms with van der Waals surface area (Å²) in [5.41, 5.74) is 6.13. The van der Waals surface area contributed by atoms with Gasteiger partial charge in [-0.2, -0.15) is 0 Å². The molecule has 2 N–H and O–H groups in total. The molecular formula is C12H25NO. The van der Waals surface area contributed by atoms with Gasteiger partial charge >= 0.3 is 0 Å². The Morgan fingerprint density at radius 2 is 1.79 bits per heavy atom. The van der Waals surface area contributed by atoms with E-state index in [1.54, 1.807) is 0 Å². The van der Waals surface area contributed by atoms with Crippen LogP contribution in [0.25, 0.3) is 0 Å². The van der Waals surface area contributed by atoms with Gasteiger partial charge in [0.2, 0.25) is 0 Å². The van der Waals surface area contributed by atoms with Crippen molar-refractivity contribution < 1.29 is 4.74 Å². The third kappa shape index (κ3) is 3.58. The first kappa shape index (κ1) is 12.0. The van der Waals surface area contributed by atoms with Crippen molar-refractivity contribution in [2.75, 3.05) is 13.2 Å². The average Bonchev–Trinajstić information content (AvgIpc) is 2.12. The molecule has 0 heterocycles. The van der Waals surface area contributed by atoms with Crippen LogP contribution in [0.5, 0.6) is 0 Å². The molecule has 2 heteroatoms. The summed E-state index contributed by atoms with van der Waals surface area (Å²) in [5, 5.41) is 0. The molecule has 1 aliphatic carbocycles. The van der Waals surface area contributed by atoms with E-state index >= 15 is 0 Å². The van der Waals surface area contributed by atoms with Gasteiger partial charge in [0.1, 0.15) is 0 Å². The highest BCUT2D eigenvalue weighted by Gasteiger charge is 2.27. The van der Waals surface area contributed by atoms with E-state index in [1.807, 2.05) is 6.92 Å². The second-order valence-electron chi connectivity index (χ2n) is 5.00. The zero-order chi connectivity index (χ0) is 10.6. The lowest BCUT2D eigenvalue weighted by molar-refractivity contribution is 0.0920. The molecule has 0 bridgehead atoms. The van der Waals surface area contributed by atoms with E-state index in [4.69, 9.17) is 10.5 Å². The van der Waals surface area contributed by atoms with Crippen LogP contribution in [0.15, 0.2) is 0 Å². The summed E-state index contributed by atoms with van der Waals surface area (Å²) in [6, 6.07) is 0.250. The van der Waals surface area contributed by atoms with Crippen LogP contribution in [0.4, 0.5) is 0 Å². The highest BCUT2D eigenvalue weighted by Crippen LogP contribution is 2.34. The number of ether oxygens (including phenoxy) is 1. The molecule has 14 heavy (non-hydrogen) atoms. The van der Waals surface area contributed by atoms with E-state index in [-0.39, 0.29) is 6.04 Å². The fourth-order valence-corrected chi connectivity index (χ4v) is 2.75. The second-order valence-corrected chi connectivity index (χ2v) is 5.00. The predicted octanol–water partition coefficient (Wildman–Crippen LogP) is 2.42. The van der Waals surface area contributed by atoms with Crippen molar-refractivity contribution in [3.8, 4) is 0 Å². The van der Waals surface area contributed by atoms with Crippen LogP contribution in [0.3, 0.4) is 0 Å². The van der Waals surface area contributed by atoms with Gasteiger partial charge in [0.05, 0.1) is 6.61 Å². The third-order valence-electron chi connectivity index (χ3n) is 3.33. The summed E-state index contributed by atoms with van der Waals surface area (Å²) in [6.07, 6.45) is 3.95. The quantitative estimate of drug-likeness (QED) is 0.754. The monoisotopic (exact) mass is 199 g/mol. The van der Waals surface area contributed by atoms with Gasteiger partial charge in [0.15, 0.2) is 0 Å². The van der Waals surface area contributed by atoms with E-state index in [0.717, 1.165) is 25.0 Å². The van der Waals surface area contributed by atoms with Crippen LogP contribution in [0, 0.1) is 17.8 Å². The number of hydrogen-bond donors (Lipinski definition) is 1. The number of rotatable bonds is 4. The lowest BCUT2D eigenvalue weighted by atomic mass is 9.74. The third-order valence-corrected chi connectivity index (χ3v) is 3.33. The summed E-state index contributed by atoms with van der Waals surface area (Å²) in [4.78, 5) is 0. The van der Waals surface area contributed by atoms with E-state index in [9.17, 15) is 0 Å². The predicted molar refractivity (Wildman–Crippen MR) is 60.1 cm³/mol. The summed E-state index contributed by atoms with van der Waals surface area (Å²) in [7, 11) is 0. The molecule has 0 aromatic carbocycles. The SMILES string of the molecule is CCOCC(N)C1CC(C)CC(C)C1. The van der Waals surface area contributed by atoms with Crippen LogP contribution in [0.1, 0.15) is 40.0 Å². The van der Waals surface area contributed by atoms with E-state index in [2.05, 4.69) is 13.8 Å². The average molecular weight is 199 g/mol. The summed E-state index contributed by atoms with van der Waals surface area (Å²) >= 11 is 0. The highest BCUT2D eigenvalue weighted by atomic mass is 16.5. The van der Waals surface area contributed by atoms with Gasteiger partial charge in [-0.25, -0.2) is 0 Å². The van der Waals surface area contributed by atoms with E-state index < -0.39 is 0 Å². The lowest BCUT2D eigenvalue weighted by Gasteiger charge is -2.34. The lowest BCUT2D eigenvalue weighted by Crippen LogP contribution is -2.38. The summed E-state index contributed by atoms with van der Waals surface area (Å²) in [5.74, 6) is 2.37. The molecular weight excluding hydrogens is 174 g/mol. The zero-order valence-electron chi connectivity index (χ0n) is 9.83. The van der Waals surface area contributed by atoms with Crippen LogP contribution in [-0.4, -0.2) is 19.3 Å². The molecule has 1 rings (SSSR count). The van der Waals surface area contributed by atoms with E-state index in [1.165, 1.54) is 19.3 Å². The number of nitrogens with two attached hydrogens (primary N) is 1. The Kier molecular flexibility index (Phi) is 4.90. The Labute approximate surface area is 88.2 Å². The van der Waals surface area contributed by atoms with Crippen LogP contribution < -0.4 is 5.73 Å². The molecule has 2 nitrogen and oxygen atoms in total. The maximum atomic E-state index is 6.13. The van der Waals surface area contributed by atoms with E-state index in [0.29, 0.717) is 5.92 Å². The fourth-order valence-electron chi connectivity index (χ4n) is 2.75. The van der Waals surface area contributed by atoms with Gasteiger partial charge in [0.25, 0.3) is 0 Å². The first-order valence-electron chi connectivity index (χ1n) is 5.96. The molecule has 3 atom stereocenters. The molecule has 0 aliphatic heterocycles. The first-order valence-corrected chi connectivity index (χ1v) is 5.96. The van der Waals surface area contributed by atoms with Gasteiger partial charge in [-0.3, -0.25) is 0 Å². The van der Waals surface area contributed by atoms with Crippen molar-refractivity contribution in [3.05, 3.63) is 0 Å². The fraction of sp³-hybridized carbons (Fsp3) is 1.00. The maximum absolute atomic E-state index is 6.13. The Balaban J connectivity index is 2.34. The normalized spacial score (nSPS) is 35.6. The molecule has 0 radical (unpaired) electrons. The van der Waals surface area contributed by atoms with Gasteiger partial charge in [-0.1, -0.05) is 13.8 Å². The van der Waals surface area contributed by atoms with Gasteiger partial charge in [-0.15, -0.1) is 0 Å². The Hall–Kier alpha value is -0.0800. The molecule has 1 saturated carbocycles. The maximum Gasteiger partial charge on any atom is 0.0620 e. The molecule has 1 fully saturated rings. The van der Waals surface area contributed by atoms with Crippen molar-refractivity contribution in [2.45, 2.75) is 46.1 Å². The van der Waals surface area contributed by atoms with Crippen molar-refractivity contribution in [3.63, 3.8) is 0 Å². The standard InChI is InChI=1S/C12H25NO/c1-4-14-8-12(13)11-6-9(2)5-10(3)7-11/h9-12H,4-8,13H2,1-3H3. The molecule has 0 aromatic rings. The molecule has 0 aromatic heterocycles. The Bertz CT molecular complexity index is 150. The minimum Gasteiger partial charge on any atom is -0.380 e. The molecule has 84 valence electrons. The van der Waals surface area contributed by atoms with Gasteiger partial charge in [0, 0.05) is 12.6 Å². The molecule has 0 spiro atoms. The van der Waals surface area contributed by atoms with Crippen LogP contribution in [0.2, 0.25) is 0 Å². The van der Waals surface area contributed by atoms with Gasteiger partial charge in [-0.05, 0) is 43.9 Å². The Morgan fingerprint density at radius 3 is 2.29 bits per heavy atom. The molecule has 0 amide bonds. The molecule has 1 aliphatic rings. The second kappa shape index (κ2) is 5.72. The minimum atomic E-state index is 0.250. The first-order chi connectivity index (χ1) is 6.63. The van der Waals surface area contributed by atoms with Crippen molar-refractivity contribution in [1.82, 2.24) is 0 Å². The number of hydrogen-bond acceptors (Lipinski definition) is 2.